The molecule has 0 radical (unpaired) electrons. The first-order valence-electron chi connectivity index (χ1n) is 4.32. The van der Waals surface area contributed by atoms with Gasteiger partial charge in [0.15, 0.2) is 5.78 Å². The molecule has 2 rings (SSSR count). The molecule has 0 saturated heterocycles. The van der Waals surface area contributed by atoms with Crippen LogP contribution < -0.4 is 11.5 Å². The molecule has 1 aromatic carbocycles. The Bertz CT molecular complexity index is 426. The minimum atomic E-state index is -0.579. The lowest BCUT2D eigenvalue weighted by Gasteiger charge is -2.04. The first-order chi connectivity index (χ1) is 6.61. The van der Waals surface area contributed by atoms with Crippen LogP contribution in [0.3, 0.4) is 0 Å². The molecule has 1 unspecified atom stereocenters. The number of carbonyl (C=O) groups is 2. The van der Waals surface area contributed by atoms with Crippen LogP contribution in [0.25, 0.3) is 0 Å². The number of hydrogen-bond acceptors (Lipinski definition) is 3. The van der Waals surface area contributed by atoms with E-state index in [9.17, 15) is 9.59 Å². The van der Waals surface area contributed by atoms with Crippen molar-refractivity contribution in [1.29, 1.82) is 0 Å². The summed E-state index contributed by atoms with van der Waals surface area (Å²) in [5.41, 5.74) is 12.3. The summed E-state index contributed by atoms with van der Waals surface area (Å²) in [4.78, 5) is 22.6. The van der Waals surface area contributed by atoms with Crippen LogP contribution in [0.2, 0.25) is 0 Å². The van der Waals surface area contributed by atoms with Crippen molar-refractivity contribution in [2.75, 3.05) is 0 Å². The molecule has 72 valence electrons. The number of rotatable bonds is 1. The maximum absolute atomic E-state index is 11.5. The average molecular weight is 190 g/mol. The molecule has 0 aromatic heterocycles. The summed E-state index contributed by atoms with van der Waals surface area (Å²) in [6.07, 6.45) is 0.264. The van der Waals surface area contributed by atoms with Gasteiger partial charge in [0.25, 0.3) is 0 Å². The predicted octanol–water partition coefficient (Wildman–Crippen LogP) is 0.372. The molecular weight excluding hydrogens is 180 g/mol. The number of nitrogens with two attached hydrogens (primary N) is 2. The molecule has 0 bridgehead atoms. The maximum Gasteiger partial charge on any atom is 0.249 e. The molecule has 0 aliphatic heterocycles. The van der Waals surface area contributed by atoms with Gasteiger partial charge in [-0.15, -0.1) is 0 Å². The zero-order chi connectivity index (χ0) is 10.3. The van der Waals surface area contributed by atoms with E-state index in [0.29, 0.717) is 5.56 Å². The van der Waals surface area contributed by atoms with Gasteiger partial charge in [-0.25, -0.2) is 0 Å². The summed E-state index contributed by atoms with van der Waals surface area (Å²) in [5, 5.41) is 0. The molecule has 0 saturated carbocycles. The Balaban J connectivity index is 2.68. The zero-order valence-electron chi connectivity index (χ0n) is 7.49. The SMILES string of the molecule is NC(=O)c1cccc2c1C(=O)CC2N. The number of hydrogen-bond donors (Lipinski definition) is 2. The third-order valence-electron chi connectivity index (χ3n) is 2.45. The molecule has 1 aliphatic carbocycles. The van der Waals surface area contributed by atoms with Gasteiger partial charge in [-0.1, -0.05) is 12.1 Å². The van der Waals surface area contributed by atoms with E-state index in [1.54, 1.807) is 18.2 Å². The van der Waals surface area contributed by atoms with Crippen LogP contribution >= 0.6 is 0 Å². The second kappa shape index (κ2) is 2.92. The van der Waals surface area contributed by atoms with E-state index in [1.165, 1.54) is 0 Å². The Morgan fingerprint density at radius 1 is 1.43 bits per heavy atom. The van der Waals surface area contributed by atoms with E-state index in [4.69, 9.17) is 11.5 Å². The average Bonchev–Trinajstić information content (AvgIpc) is 2.43. The summed E-state index contributed by atoms with van der Waals surface area (Å²) >= 11 is 0. The van der Waals surface area contributed by atoms with Gasteiger partial charge in [-0.05, 0) is 11.6 Å². The van der Waals surface area contributed by atoms with Crippen LogP contribution in [-0.4, -0.2) is 11.7 Å². The normalized spacial score (nSPS) is 19.5. The van der Waals surface area contributed by atoms with Gasteiger partial charge < -0.3 is 11.5 Å². The first kappa shape index (κ1) is 8.90. The minimum Gasteiger partial charge on any atom is -0.366 e. The topological polar surface area (TPSA) is 86.2 Å². The smallest absolute Gasteiger partial charge is 0.249 e. The fourth-order valence-electron chi connectivity index (χ4n) is 1.81. The molecule has 4 N–H and O–H groups in total. The van der Waals surface area contributed by atoms with Crippen LogP contribution in [0, 0.1) is 0 Å². The number of ketones is 1. The third-order valence-corrected chi connectivity index (χ3v) is 2.45. The number of benzene rings is 1. The molecule has 1 aromatic rings. The molecule has 1 aliphatic rings. The maximum atomic E-state index is 11.5. The lowest BCUT2D eigenvalue weighted by atomic mass is 10.0. The molecule has 1 amide bonds. The van der Waals surface area contributed by atoms with Crippen LogP contribution in [0.5, 0.6) is 0 Å². The number of Topliss-reactive ketones (excluding diaryl/α,β-unsaturated/α-hetero) is 1. The monoisotopic (exact) mass is 190 g/mol. The van der Waals surface area contributed by atoms with Gasteiger partial charge in [-0.2, -0.15) is 0 Å². The van der Waals surface area contributed by atoms with E-state index in [0.717, 1.165) is 5.56 Å². The van der Waals surface area contributed by atoms with Gasteiger partial charge in [-0.3, -0.25) is 9.59 Å². The van der Waals surface area contributed by atoms with E-state index in [2.05, 4.69) is 0 Å². The van der Waals surface area contributed by atoms with Gasteiger partial charge in [0.2, 0.25) is 5.91 Å². The minimum absolute atomic E-state index is 0.0955. The Labute approximate surface area is 80.9 Å². The van der Waals surface area contributed by atoms with Gasteiger partial charge in [0, 0.05) is 18.0 Å². The van der Waals surface area contributed by atoms with E-state index in [1.807, 2.05) is 0 Å². The quantitative estimate of drug-likeness (QED) is 0.670. The van der Waals surface area contributed by atoms with Crippen molar-refractivity contribution in [3.05, 3.63) is 34.9 Å². The Kier molecular flexibility index (Phi) is 1.86. The van der Waals surface area contributed by atoms with Crippen molar-refractivity contribution in [3.8, 4) is 0 Å². The number of fused-ring (bicyclic) bond motifs is 1. The summed E-state index contributed by atoms with van der Waals surface area (Å²) in [6.45, 7) is 0. The Morgan fingerprint density at radius 3 is 2.79 bits per heavy atom. The van der Waals surface area contributed by atoms with Crippen LogP contribution in [0.15, 0.2) is 18.2 Å². The Hall–Kier alpha value is -1.68. The second-order valence-electron chi connectivity index (χ2n) is 3.37. The molecule has 0 spiro atoms. The molecule has 14 heavy (non-hydrogen) atoms. The van der Waals surface area contributed by atoms with E-state index < -0.39 is 5.91 Å². The van der Waals surface area contributed by atoms with Gasteiger partial charge in [0.05, 0.1) is 5.56 Å². The fourth-order valence-corrected chi connectivity index (χ4v) is 1.81. The summed E-state index contributed by atoms with van der Waals surface area (Å²) in [7, 11) is 0. The molecule has 4 nitrogen and oxygen atoms in total. The van der Waals surface area contributed by atoms with E-state index in [-0.39, 0.29) is 23.8 Å². The van der Waals surface area contributed by atoms with E-state index >= 15 is 0 Å². The van der Waals surface area contributed by atoms with Crippen molar-refractivity contribution >= 4 is 11.7 Å². The van der Waals surface area contributed by atoms with Gasteiger partial charge >= 0.3 is 0 Å². The highest BCUT2D eigenvalue weighted by molar-refractivity contribution is 6.10. The van der Waals surface area contributed by atoms with Crippen LogP contribution in [0.4, 0.5) is 0 Å². The zero-order valence-corrected chi connectivity index (χ0v) is 7.49. The molecule has 4 heteroatoms. The standard InChI is InChI=1S/C10H10N2O2/c11-7-4-8(13)9-5(7)2-1-3-6(9)10(12)14/h1-3,7H,4,11H2,(H2,12,14). The lowest BCUT2D eigenvalue weighted by Crippen LogP contribution is -2.15. The third kappa shape index (κ3) is 1.12. The van der Waals surface area contributed by atoms with Crippen molar-refractivity contribution in [2.24, 2.45) is 11.5 Å². The highest BCUT2D eigenvalue weighted by atomic mass is 16.1. The number of amides is 1. The van der Waals surface area contributed by atoms with Crippen LogP contribution in [0.1, 0.15) is 38.7 Å². The van der Waals surface area contributed by atoms with Crippen molar-refractivity contribution in [1.82, 2.24) is 0 Å². The number of carbonyl (C=O) groups excluding carboxylic acids is 2. The lowest BCUT2D eigenvalue weighted by molar-refractivity contribution is 0.0963. The van der Waals surface area contributed by atoms with Gasteiger partial charge in [0.1, 0.15) is 0 Å². The number of primary amides is 1. The van der Waals surface area contributed by atoms with Crippen molar-refractivity contribution in [2.45, 2.75) is 12.5 Å². The Morgan fingerprint density at radius 2 is 2.14 bits per heavy atom. The summed E-state index contributed by atoms with van der Waals surface area (Å²) in [6, 6.07) is 4.71. The molecule has 1 atom stereocenters. The highest BCUT2D eigenvalue weighted by Crippen LogP contribution is 2.31. The summed E-state index contributed by atoms with van der Waals surface area (Å²) < 4.78 is 0. The largest absolute Gasteiger partial charge is 0.366 e. The molecular formula is C10H10N2O2. The second-order valence-corrected chi connectivity index (χ2v) is 3.37. The fraction of sp³-hybridized carbons (Fsp3) is 0.200. The molecule has 0 fully saturated rings. The summed E-state index contributed by atoms with van der Waals surface area (Å²) in [5.74, 6) is -0.675. The van der Waals surface area contributed by atoms with Crippen molar-refractivity contribution in [3.63, 3.8) is 0 Å². The predicted molar refractivity (Wildman–Crippen MR) is 50.8 cm³/mol. The first-order valence-corrected chi connectivity index (χ1v) is 4.32. The van der Waals surface area contributed by atoms with Crippen molar-refractivity contribution < 1.29 is 9.59 Å². The highest BCUT2D eigenvalue weighted by Gasteiger charge is 2.30. The molecule has 0 heterocycles. The van der Waals surface area contributed by atoms with Crippen LogP contribution in [-0.2, 0) is 0 Å².